The molecule has 7 heteroatoms. The number of hydrogen-bond acceptors (Lipinski definition) is 4. The molecule has 1 saturated heterocycles. The van der Waals surface area contributed by atoms with E-state index in [4.69, 9.17) is 5.11 Å². The number of carbonyl (C=O) groups excluding carboxylic acids is 1. The second kappa shape index (κ2) is 6.40. The summed E-state index contributed by atoms with van der Waals surface area (Å²) in [6, 6.07) is 4.50. The number of thioether (sulfide) groups is 1. The number of carboxylic acid groups (broad SMARTS) is 1. The van der Waals surface area contributed by atoms with E-state index < -0.39 is 5.97 Å². The highest BCUT2D eigenvalue weighted by atomic mass is 79.9. The number of halogens is 1. The first-order valence-corrected chi connectivity index (χ1v) is 7.68. The molecule has 0 radical (unpaired) electrons. The summed E-state index contributed by atoms with van der Waals surface area (Å²) < 4.78 is 0.559. The summed E-state index contributed by atoms with van der Waals surface area (Å²) in [5, 5.41) is 14.9. The molecule has 3 N–H and O–H groups in total. The molecule has 2 rings (SSSR count). The highest BCUT2D eigenvalue weighted by Gasteiger charge is 2.23. The van der Waals surface area contributed by atoms with Gasteiger partial charge in [0.05, 0.1) is 17.3 Å². The quantitative estimate of drug-likeness (QED) is 0.779. The van der Waals surface area contributed by atoms with Crippen molar-refractivity contribution in [2.75, 3.05) is 23.4 Å². The van der Waals surface area contributed by atoms with Crippen molar-refractivity contribution in [3.8, 4) is 0 Å². The van der Waals surface area contributed by atoms with Crippen LogP contribution in [-0.2, 0) is 4.79 Å². The lowest BCUT2D eigenvalue weighted by atomic mass is 10.1. The van der Waals surface area contributed by atoms with Gasteiger partial charge in [0.25, 0.3) is 0 Å². The molecular formula is C12H13BrN2O3S. The van der Waals surface area contributed by atoms with Gasteiger partial charge in [-0.1, -0.05) is 6.07 Å². The minimum Gasteiger partial charge on any atom is -0.478 e. The van der Waals surface area contributed by atoms with Crippen LogP contribution in [0, 0.1) is 0 Å². The van der Waals surface area contributed by atoms with Gasteiger partial charge >= 0.3 is 5.97 Å². The Balaban J connectivity index is 2.18. The highest BCUT2D eigenvalue weighted by molar-refractivity contribution is 9.10. The molecule has 0 aromatic heterocycles. The van der Waals surface area contributed by atoms with Gasteiger partial charge in [0.1, 0.15) is 0 Å². The molecule has 1 aliphatic rings. The van der Waals surface area contributed by atoms with Gasteiger partial charge in [0, 0.05) is 22.5 Å². The molecule has 1 unspecified atom stereocenters. The normalized spacial score (nSPS) is 18.9. The summed E-state index contributed by atoms with van der Waals surface area (Å²) in [5.41, 5.74) is 0.378. The zero-order chi connectivity index (χ0) is 13.8. The number of amides is 1. The van der Waals surface area contributed by atoms with Gasteiger partial charge in [-0.25, -0.2) is 4.79 Å². The second-order valence-corrected chi connectivity index (χ2v) is 6.04. The Labute approximate surface area is 123 Å². The molecule has 5 nitrogen and oxygen atoms in total. The topological polar surface area (TPSA) is 78.4 Å². The van der Waals surface area contributed by atoms with E-state index >= 15 is 0 Å². The van der Waals surface area contributed by atoms with E-state index in [2.05, 4.69) is 26.6 Å². The predicted octanol–water partition coefficient (Wildman–Crippen LogP) is 1.79. The van der Waals surface area contributed by atoms with Crippen LogP contribution in [0.15, 0.2) is 22.7 Å². The van der Waals surface area contributed by atoms with Crippen LogP contribution in [-0.4, -0.2) is 41.1 Å². The maximum absolute atomic E-state index is 12.1. The van der Waals surface area contributed by atoms with Crippen LogP contribution in [0.2, 0.25) is 0 Å². The Kier molecular flexibility index (Phi) is 4.84. The molecule has 1 atom stereocenters. The summed E-state index contributed by atoms with van der Waals surface area (Å²) in [6.07, 6.45) is 0. The number of anilines is 1. The fourth-order valence-electron chi connectivity index (χ4n) is 1.77. The molecule has 0 saturated carbocycles. The van der Waals surface area contributed by atoms with Crippen LogP contribution < -0.4 is 10.6 Å². The molecule has 102 valence electrons. The average molecular weight is 345 g/mol. The lowest BCUT2D eigenvalue weighted by Crippen LogP contribution is -2.46. The zero-order valence-electron chi connectivity index (χ0n) is 9.98. The molecule has 19 heavy (non-hydrogen) atoms. The molecule has 0 bridgehead atoms. The van der Waals surface area contributed by atoms with Crippen LogP contribution in [0.25, 0.3) is 0 Å². The van der Waals surface area contributed by atoms with E-state index in [1.54, 1.807) is 23.9 Å². The van der Waals surface area contributed by atoms with Gasteiger partial charge in [-0.2, -0.15) is 11.8 Å². The Morgan fingerprint density at radius 2 is 2.26 bits per heavy atom. The van der Waals surface area contributed by atoms with Gasteiger partial charge in [0.2, 0.25) is 5.91 Å². The maximum Gasteiger partial charge on any atom is 0.337 e. The van der Waals surface area contributed by atoms with E-state index in [0.717, 1.165) is 12.3 Å². The van der Waals surface area contributed by atoms with Crippen LogP contribution in [0.5, 0.6) is 0 Å². The third-order valence-corrected chi connectivity index (χ3v) is 4.45. The van der Waals surface area contributed by atoms with Crippen molar-refractivity contribution in [2.24, 2.45) is 0 Å². The predicted molar refractivity (Wildman–Crippen MR) is 78.8 cm³/mol. The SMILES string of the molecule is O=C(O)c1cccc(Br)c1NC(=O)C1CSCCN1. The van der Waals surface area contributed by atoms with Crippen molar-refractivity contribution in [3.05, 3.63) is 28.2 Å². The van der Waals surface area contributed by atoms with Gasteiger partial charge in [-0.15, -0.1) is 0 Å². The monoisotopic (exact) mass is 344 g/mol. The van der Waals surface area contributed by atoms with E-state index in [1.807, 2.05) is 0 Å². The van der Waals surface area contributed by atoms with Crippen molar-refractivity contribution in [1.82, 2.24) is 5.32 Å². The van der Waals surface area contributed by atoms with E-state index in [1.165, 1.54) is 6.07 Å². The number of aromatic carboxylic acids is 1. The number of rotatable bonds is 3. The van der Waals surface area contributed by atoms with Crippen LogP contribution in [0.3, 0.4) is 0 Å². The highest BCUT2D eigenvalue weighted by Crippen LogP contribution is 2.27. The van der Waals surface area contributed by atoms with E-state index in [9.17, 15) is 9.59 Å². The van der Waals surface area contributed by atoms with E-state index in [-0.39, 0.29) is 17.5 Å². The lowest BCUT2D eigenvalue weighted by Gasteiger charge is -2.22. The summed E-state index contributed by atoms with van der Waals surface area (Å²) >= 11 is 4.97. The molecule has 1 heterocycles. The van der Waals surface area contributed by atoms with Crippen molar-refractivity contribution >= 4 is 45.3 Å². The number of carbonyl (C=O) groups is 2. The van der Waals surface area contributed by atoms with Gasteiger partial charge in [-0.05, 0) is 28.1 Å². The summed E-state index contributed by atoms with van der Waals surface area (Å²) in [7, 11) is 0. The fourth-order valence-corrected chi connectivity index (χ4v) is 3.17. The van der Waals surface area contributed by atoms with Crippen molar-refractivity contribution in [3.63, 3.8) is 0 Å². The third-order valence-electron chi connectivity index (χ3n) is 2.73. The van der Waals surface area contributed by atoms with Crippen LogP contribution in [0.1, 0.15) is 10.4 Å². The first kappa shape index (κ1) is 14.4. The Bertz CT molecular complexity index is 504. The van der Waals surface area contributed by atoms with Gasteiger partial charge in [-0.3, -0.25) is 4.79 Å². The largest absolute Gasteiger partial charge is 0.478 e. The van der Waals surface area contributed by atoms with Crippen molar-refractivity contribution in [1.29, 1.82) is 0 Å². The van der Waals surface area contributed by atoms with Gasteiger partial charge < -0.3 is 15.7 Å². The van der Waals surface area contributed by atoms with Gasteiger partial charge in [0.15, 0.2) is 0 Å². The molecule has 0 spiro atoms. The standard InChI is InChI=1S/C12H13BrN2O3S/c13-8-3-1-2-7(12(17)18)10(8)15-11(16)9-6-19-5-4-14-9/h1-3,9,14H,4-6H2,(H,15,16)(H,17,18). The third kappa shape index (κ3) is 3.49. The number of nitrogens with one attached hydrogen (secondary N) is 2. The maximum atomic E-state index is 12.1. The second-order valence-electron chi connectivity index (χ2n) is 4.04. The first-order valence-electron chi connectivity index (χ1n) is 5.73. The summed E-state index contributed by atoms with van der Waals surface area (Å²) in [4.78, 5) is 23.2. The smallest absolute Gasteiger partial charge is 0.337 e. The van der Waals surface area contributed by atoms with Crippen molar-refractivity contribution in [2.45, 2.75) is 6.04 Å². The lowest BCUT2D eigenvalue weighted by molar-refractivity contribution is -0.117. The molecule has 1 aromatic rings. The molecule has 0 aliphatic carbocycles. The Morgan fingerprint density at radius 3 is 2.89 bits per heavy atom. The summed E-state index contributed by atoms with van der Waals surface area (Å²) in [6.45, 7) is 0.782. The number of carboxylic acids is 1. The minimum absolute atomic E-state index is 0.0752. The number of benzene rings is 1. The van der Waals surface area contributed by atoms with Crippen LogP contribution in [0.4, 0.5) is 5.69 Å². The molecular weight excluding hydrogens is 332 g/mol. The number of hydrogen-bond donors (Lipinski definition) is 3. The minimum atomic E-state index is -1.07. The Morgan fingerprint density at radius 1 is 1.47 bits per heavy atom. The molecule has 1 aliphatic heterocycles. The molecule has 1 amide bonds. The Hall–Kier alpha value is -1.05. The first-order chi connectivity index (χ1) is 9.09. The number of para-hydroxylation sites is 1. The molecule has 1 fully saturated rings. The summed E-state index contributed by atoms with van der Waals surface area (Å²) in [5.74, 6) is 0.405. The molecule has 1 aromatic carbocycles. The fraction of sp³-hybridized carbons (Fsp3) is 0.333. The van der Waals surface area contributed by atoms with Crippen LogP contribution >= 0.6 is 27.7 Å². The van der Waals surface area contributed by atoms with E-state index in [0.29, 0.717) is 15.9 Å². The zero-order valence-corrected chi connectivity index (χ0v) is 12.4. The van der Waals surface area contributed by atoms with Crippen molar-refractivity contribution < 1.29 is 14.7 Å². The average Bonchev–Trinajstić information content (AvgIpc) is 2.41.